The smallest absolute Gasteiger partial charge is 0.407 e. The van der Waals surface area contributed by atoms with E-state index < -0.39 is 6.09 Å². The van der Waals surface area contributed by atoms with E-state index >= 15 is 0 Å². The molecule has 1 aromatic carbocycles. The van der Waals surface area contributed by atoms with Crippen molar-refractivity contribution in [3.05, 3.63) is 35.9 Å². The van der Waals surface area contributed by atoms with Crippen molar-refractivity contribution in [3.63, 3.8) is 0 Å². The summed E-state index contributed by atoms with van der Waals surface area (Å²) in [5.74, 6) is -0.163. The van der Waals surface area contributed by atoms with Crippen LogP contribution in [0.2, 0.25) is 0 Å². The molecular formula is C28H47NO10. The zero-order chi connectivity index (χ0) is 28.1. The molecule has 0 saturated heterocycles. The summed E-state index contributed by atoms with van der Waals surface area (Å²) in [4.78, 5) is 23.0. The van der Waals surface area contributed by atoms with Gasteiger partial charge in [-0.2, -0.15) is 0 Å². The number of hydrogen-bond donors (Lipinski definition) is 1. The number of hydrogen-bond acceptors (Lipinski definition) is 10. The van der Waals surface area contributed by atoms with Crippen LogP contribution in [0.1, 0.15) is 38.2 Å². The largest absolute Gasteiger partial charge is 0.463 e. The van der Waals surface area contributed by atoms with Crippen LogP contribution in [0.25, 0.3) is 0 Å². The van der Waals surface area contributed by atoms with Gasteiger partial charge < -0.3 is 43.2 Å². The minimum atomic E-state index is -0.470. The SMILES string of the molecule is CCCCCC(=O)OCCOCCOCCOCCOCCOCCOCCNC(=O)OCc1ccccc1. The van der Waals surface area contributed by atoms with Crippen LogP contribution in [0.15, 0.2) is 30.3 Å². The standard InChI is InChI=1S/C28H47NO10/c1-2-3-5-10-27(30)38-24-23-37-22-21-36-20-19-35-18-17-34-16-15-33-14-13-32-12-11-29-28(31)39-25-26-8-6-4-7-9-26/h4,6-9H,2-3,5,10-25H2,1H3,(H,29,31). The molecule has 0 radical (unpaired) electrons. The van der Waals surface area contributed by atoms with Gasteiger partial charge in [-0.3, -0.25) is 4.79 Å². The Morgan fingerprint density at radius 2 is 1.10 bits per heavy atom. The molecule has 0 aliphatic carbocycles. The molecule has 0 saturated carbocycles. The van der Waals surface area contributed by atoms with Crippen molar-refractivity contribution in [3.8, 4) is 0 Å². The van der Waals surface area contributed by atoms with E-state index in [4.69, 9.17) is 37.9 Å². The third kappa shape index (κ3) is 24.5. The zero-order valence-electron chi connectivity index (χ0n) is 23.4. The first-order valence-electron chi connectivity index (χ1n) is 13.8. The van der Waals surface area contributed by atoms with Gasteiger partial charge >= 0.3 is 12.1 Å². The lowest BCUT2D eigenvalue weighted by Crippen LogP contribution is -2.28. The molecule has 1 N–H and O–H groups in total. The molecule has 0 aliphatic heterocycles. The topological polar surface area (TPSA) is 120 Å². The Kier molecular flexibility index (Phi) is 24.3. The molecule has 0 aromatic heterocycles. The molecule has 1 aromatic rings. The van der Waals surface area contributed by atoms with Crippen molar-refractivity contribution in [1.29, 1.82) is 0 Å². The van der Waals surface area contributed by atoms with Gasteiger partial charge in [-0.05, 0) is 12.0 Å². The predicted octanol–water partition coefficient (Wildman–Crippen LogP) is 3.14. The second-order valence-electron chi connectivity index (χ2n) is 8.34. The van der Waals surface area contributed by atoms with E-state index in [1.54, 1.807) is 0 Å². The maximum Gasteiger partial charge on any atom is 0.407 e. The average Bonchev–Trinajstić information content (AvgIpc) is 2.95. The van der Waals surface area contributed by atoms with Crippen LogP contribution in [0, 0.1) is 0 Å². The van der Waals surface area contributed by atoms with Crippen molar-refractivity contribution in [2.45, 2.75) is 39.2 Å². The number of carbonyl (C=O) groups excluding carboxylic acids is 2. The maximum atomic E-state index is 11.6. The molecule has 0 bridgehead atoms. The zero-order valence-corrected chi connectivity index (χ0v) is 23.4. The highest BCUT2D eigenvalue weighted by molar-refractivity contribution is 5.69. The highest BCUT2D eigenvalue weighted by Crippen LogP contribution is 2.01. The van der Waals surface area contributed by atoms with Crippen molar-refractivity contribution in [1.82, 2.24) is 5.32 Å². The van der Waals surface area contributed by atoms with E-state index in [1.165, 1.54) is 0 Å². The Hall–Kier alpha value is -2.28. The summed E-state index contributed by atoms with van der Waals surface area (Å²) in [6, 6.07) is 9.50. The molecule has 1 rings (SSSR count). The Bertz CT molecular complexity index is 692. The van der Waals surface area contributed by atoms with Crippen LogP contribution < -0.4 is 5.32 Å². The first-order chi connectivity index (χ1) is 19.2. The van der Waals surface area contributed by atoms with Gasteiger partial charge in [-0.1, -0.05) is 50.1 Å². The molecule has 1 amide bonds. The lowest BCUT2D eigenvalue weighted by atomic mass is 10.2. The molecule has 224 valence electrons. The minimum Gasteiger partial charge on any atom is -0.463 e. The van der Waals surface area contributed by atoms with Crippen LogP contribution >= 0.6 is 0 Å². The average molecular weight is 558 g/mol. The third-order valence-electron chi connectivity index (χ3n) is 5.06. The van der Waals surface area contributed by atoms with Crippen LogP contribution in [0.4, 0.5) is 4.79 Å². The molecule has 0 heterocycles. The van der Waals surface area contributed by atoms with Crippen molar-refractivity contribution < 1.29 is 47.5 Å². The molecule has 0 atom stereocenters. The summed E-state index contributed by atoms with van der Waals surface area (Å²) >= 11 is 0. The Morgan fingerprint density at radius 3 is 1.62 bits per heavy atom. The highest BCUT2D eigenvalue weighted by Gasteiger charge is 2.03. The lowest BCUT2D eigenvalue weighted by Gasteiger charge is -2.09. The van der Waals surface area contributed by atoms with E-state index in [-0.39, 0.29) is 19.2 Å². The van der Waals surface area contributed by atoms with Gasteiger partial charge in [0.05, 0.1) is 79.3 Å². The molecular weight excluding hydrogens is 510 g/mol. The normalized spacial score (nSPS) is 10.9. The number of benzene rings is 1. The van der Waals surface area contributed by atoms with E-state index in [0.717, 1.165) is 24.8 Å². The predicted molar refractivity (Wildman–Crippen MR) is 145 cm³/mol. The number of ether oxygens (including phenoxy) is 8. The Morgan fingerprint density at radius 1 is 0.615 bits per heavy atom. The Labute approximate surface area is 232 Å². The van der Waals surface area contributed by atoms with Gasteiger partial charge in [0.15, 0.2) is 0 Å². The molecule has 0 unspecified atom stereocenters. The fourth-order valence-electron chi connectivity index (χ4n) is 3.01. The van der Waals surface area contributed by atoms with Crippen LogP contribution in [0.3, 0.4) is 0 Å². The van der Waals surface area contributed by atoms with Gasteiger partial charge in [0.25, 0.3) is 0 Å². The number of esters is 1. The van der Waals surface area contributed by atoms with Crippen LogP contribution in [-0.2, 0) is 49.3 Å². The summed E-state index contributed by atoms with van der Waals surface area (Å²) in [5, 5.41) is 2.64. The summed E-state index contributed by atoms with van der Waals surface area (Å²) in [5.41, 5.74) is 0.937. The monoisotopic (exact) mass is 557 g/mol. The number of carbonyl (C=O) groups is 2. The van der Waals surface area contributed by atoms with E-state index in [2.05, 4.69) is 12.2 Å². The molecule has 0 aliphatic rings. The van der Waals surface area contributed by atoms with Gasteiger partial charge in [-0.15, -0.1) is 0 Å². The second kappa shape index (κ2) is 27.3. The number of nitrogens with one attached hydrogen (secondary N) is 1. The van der Waals surface area contributed by atoms with Gasteiger partial charge in [0, 0.05) is 13.0 Å². The van der Waals surface area contributed by atoms with Gasteiger partial charge in [0.1, 0.15) is 13.2 Å². The molecule has 0 fully saturated rings. The van der Waals surface area contributed by atoms with E-state index in [9.17, 15) is 9.59 Å². The number of amides is 1. The quantitative estimate of drug-likeness (QED) is 0.128. The summed E-state index contributed by atoms with van der Waals surface area (Å²) in [6.07, 6.45) is 3.01. The summed E-state index contributed by atoms with van der Waals surface area (Å²) in [7, 11) is 0. The number of unbranched alkanes of at least 4 members (excludes halogenated alkanes) is 2. The number of alkyl carbamates (subject to hydrolysis) is 1. The maximum absolute atomic E-state index is 11.6. The molecule has 11 heteroatoms. The Balaban J connectivity index is 1.69. The van der Waals surface area contributed by atoms with Gasteiger partial charge in [-0.25, -0.2) is 4.79 Å². The number of rotatable bonds is 27. The third-order valence-corrected chi connectivity index (χ3v) is 5.06. The summed E-state index contributed by atoms with van der Waals surface area (Å²) in [6.45, 7) is 8.38. The second-order valence-corrected chi connectivity index (χ2v) is 8.34. The lowest BCUT2D eigenvalue weighted by molar-refractivity contribution is -0.145. The van der Waals surface area contributed by atoms with Crippen molar-refractivity contribution in [2.75, 3.05) is 92.4 Å². The van der Waals surface area contributed by atoms with Crippen molar-refractivity contribution in [2.24, 2.45) is 0 Å². The first kappa shape index (κ1) is 34.7. The molecule has 39 heavy (non-hydrogen) atoms. The van der Waals surface area contributed by atoms with Gasteiger partial charge in [0.2, 0.25) is 0 Å². The first-order valence-corrected chi connectivity index (χ1v) is 13.8. The molecule has 0 spiro atoms. The van der Waals surface area contributed by atoms with E-state index in [1.807, 2.05) is 30.3 Å². The highest BCUT2D eigenvalue weighted by atomic mass is 16.6. The fourth-order valence-corrected chi connectivity index (χ4v) is 3.01. The fraction of sp³-hybridized carbons (Fsp3) is 0.714. The minimum absolute atomic E-state index is 0.163. The van der Waals surface area contributed by atoms with Crippen molar-refractivity contribution >= 4 is 12.1 Å². The van der Waals surface area contributed by atoms with Crippen LogP contribution in [-0.4, -0.2) is 104 Å². The molecule has 11 nitrogen and oxygen atoms in total. The van der Waals surface area contributed by atoms with E-state index in [0.29, 0.717) is 92.2 Å². The summed E-state index contributed by atoms with van der Waals surface area (Å²) < 4.78 is 42.7. The van der Waals surface area contributed by atoms with Crippen LogP contribution in [0.5, 0.6) is 0 Å².